The summed E-state index contributed by atoms with van der Waals surface area (Å²) in [7, 11) is -4.22. The molecule has 164 valence electrons. The van der Waals surface area contributed by atoms with Crippen LogP contribution in [-0.4, -0.2) is 36.1 Å². The average Bonchev–Trinajstić information content (AvgIpc) is 2.82. The summed E-state index contributed by atoms with van der Waals surface area (Å²) in [5, 5.41) is 0. The number of sulfonamides is 1. The van der Waals surface area contributed by atoms with Crippen LogP contribution in [0.1, 0.15) is 22.3 Å². The average molecular weight is 451 g/mol. The van der Waals surface area contributed by atoms with Crippen LogP contribution in [0.5, 0.6) is 0 Å². The molecule has 2 aliphatic heterocycles. The molecule has 2 aliphatic rings. The molecule has 0 aliphatic carbocycles. The SMILES string of the molecule is O=C([C@@H]1Cc2ccccc2CN1S(=O)(=O)c1ccccc1F)N1CCc2ccccc2C1. The maximum absolute atomic E-state index is 14.5. The normalized spacial score (nSPS) is 18.7. The van der Waals surface area contributed by atoms with Gasteiger partial charge in [0.25, 0.3) is 0 Å². The van der Waals surface area contributed by atoms with E-state index in [0.717, 1.165) is 29.2 Å². The second-order valence-electron chi connectivity index (χ2n) is 8.25. The summed E-state index contributed by atoms with van der Waals surface area (Å²) >= 11 is 0. The van der Waals surface area contributed by atoms with Gasteiger partial charge in [-0.3, -0.25) is 4.79 Å². The van der Waals surface area contributed by atoms with Crippen molar-refractivity contribution in [2.45, 2.75) is 36.9 Å². The Balaban J connectivity index is 1.53. The molecular formula is C25H23FN2O3S. The summed E-state index contributed by atoms with van der Waals surface area (Å²) in [6.45, 7) is 1.01. The van der Waals surface area contributed by atoms with Gasteiger partial charge in [0, 0.05) is 19.6 Å². The van der Waals surface area contributed by atoms with Gasteiger partial charge in [0.05, 0.1) is 0 Å². The van der Waals surface area contributed by atoms with Crippen molar-refractivity contribution < 1.29 is 17.6 Å². The number of carbonyl (C=O) groups excluding carboxylic acids is 1. The first kappa shape index (κ1) is 20.8. The van der Waals surface area contributed by atoms with Gasteiger partial charge in [0.15, 0.2) is 0 Å². The fourth-order valence-corrected chi connectivity index (χ4v) is 6.26. The minimum atomic E-state index is -4.22. The summed E-state index contributed by atoms with van der Waals surface area (Å²) in [5.41, 5.74) is 4.07. The van der Waals surface area contributed by atoms with E-state index in [9.17, 15) is 17.6 Å². The van der Waals surface area contributed by atoms with Gasteiger partial charge in [-0.1, -0.05) is 60.7 Å². The van der Waals surface area contributed by atoms with Crippen LogP contribution >= 0.6 is 0 Å². The van der Waals surface area contributed by atoms with Crippen LogP contribution in [0.4, 0.5) is 4.39 Å². The Kier molecular flexibility index (Phi) is 5.31. The third kappa shape index (κ3) is 3.61. The standard InChI is InChI=1S/C25H23FN2O3S/c26-22-11-5-6-12-24(22)32(30,31)28-17-21-10-4-2-8-19(21)15-23(28)25(29)27-14-13-18-7-1-3-9-20(18)16-27/h1-12,23H,13-17H2/t23-/m0/s1. The monoisotopic (exact) mass is 450 g/mol. The van der Waals surface area contributed by atoms with Crippen LogP contribution < -0.4 is 0 Å². The molecule has 3 aromatic rings. The van der Waals surface area contributed by atoms with Crippen LogP contribution in [0.3, 0.4) is 0 Å². The fourth-order valence-electron chi connectivity index (χ4n) is 4.64. The second-order valence-corrected chi connectivity index (χ2v) is 10.1. The number of carbonyl (C=O) groups is 1. The summed E-state index contributed by atoms with van der Waals surface area (Å²) in [6.07, 6.45) is 0.992. The maximum atomic E-state index is 14.5. The van der Waals surface area contributed by atoms with E-state index >= 15 is 0 Å². The number of fused-ring (bicyclic) bond motifs is 2. The van der Waals surface area contributed by atoms with Crippen LogP contribution in [0.15, 0.2) is 77.7 Å². The van der Waals surface area contributed by atoms with Gasteiger partial charge < -0.3 is 4.90 Å². The summed E-state index contributed by atoms with van der Waals surface area (Å²) in [4.78, 5) is 15.0. The van der Waals surface area contributed by atoms with Crippen molar-refractivity contribution in [1.82, 2.24) is 9.21 Å². The highest BCUT2D eigenvalue weighted by Gasteiger charge is 2.42. The molecular weight excluding hydrogens is 427 g/mol. The van der Waals surface area contributed by atoms with E-state index in [4.69, 9.17) is 0 Å². The Bertz CT molecular complexity index is 1290. The fraction of sp³-hybridized carbons (Fsp3) is 0.240. The zero-order chi connectivity index (χ0) is 22.3. The highest BCUT2D eigenvalue weighted by atomic mass is 32.2. The number of rotatable bonds is 3. The van der Waals surface area contributed by atoms with Crippen molar-refractivity contribution in [3.8, 4) is 0 Å². The van der Waals surface area contributed by atoms with Gasteiger partial charge in [-0.2, -0.15) is 4.31 Å². The van der Waals surface area contributed by atoms with E-state index in [0.29, 0.717) is 13.1 Å². The van der Waals surface area contributed by atoms with Crippen LogP contribution in [0, 0.1) is 5.82 Å². The third-order valence-corrected chi connectivity index (χ3v) is 8.24. The predicted octanol–water partition coefficient (Wildman–Crippen LogP) is 3.53. The smallest absolute Gasteiger partial charge is 0.247 e. The van der Waals surface area contributed by atoms with Crippen LogP contribution in [0.2, 0.25) is 0 Å². The van der Waals surface area contributed by atoms with E-state index in [-0.39, 0.29) is 18.9 Å². The topological polar surface area (TPSA) is 57.7 Å². The molecule has 0 saturated heterocycles. The Morgan fingerprint density at radius 1 is 0.812 bits per heavy atom. The molecule has 5 rings (SSSR count). The molecule has 0 saturated carbocycles. The Hall–Kier alpha value is -3.03. The maximum Gasteiger partial charge on any atom is 0.247 e. The first-order valence-electron chi connectivity index (χ1n) is 10.6. The van der Waals surface area contributed by atoms with Gasteiger partial charge >= 0.3 is 0 Å². The number of hydrogen-bond donors (Lipinski definition) is 0. The van der Waals surface area contributed by atoms with E-state index in [2.05, 4.69) is 6.07 Å². The highest BCUT2D eigenvalue weighted by molar-refractivity contribution is 7.89. The largest absolute Gasteiger partial charge is 0.337 e. The predicted molar refractivity (Wildman–Crippen MR) is 119 cm³/mol. The lowest BCUT2D eigenvalue weighted by Gasteiger charge is -2.39. The Morgan fingerprint density at radius 2 is 1.41 bits per heavy atom. The molecule has 7 heteroatoms. The molecule has 0 unspecified atom stereocenters. The van der Waals surface area contributed by atoms with Crippen molar-refractivity contribution in [2.24, 2.45) is 0 Å². The minimum Gasteiger partial charge on any atom is -0.337 e. The van der Waals surface area contributed by atoms with Gasteiger partial charge in [-0.15, -0.1) is 0 Å². The number of nitrogens with zero attached hydrogens (tertiary/aromatic N) is 2. The first-order chi connectivity index (χ1) is 15.4. The summed E-state index contributed by atoms with van der Waals surface area (Å²) in [6, 6.07) is 19.9. The zero-order valence-corrected chi connectivity index (χ0v) is 18.3. The number of amides is 1. The molecule has 0 spiro atoms. The van der Waals surface area contributed by atoms with E-state index in [1.807, 2.05) is 42.5 Å². The summed E-state index contributed by atoms with van der Waals surface area (Å²) < 4.78 is 42.7. The van der Waals surface area contributed by atoms with Gasteiger partial charge in [0.2, 0.25) is 15.9 Å². The van der Waals surface area contributed by atoms with E-state index < -0.39 is 26.8 Å². The molecule has 1 atom stereocenters. The molecule has 0 bridgehead atoms. The van der Waals surface area contributed by atoms with Crippen LogP contribution in [0.25, 0.3) is 0 Å². The lowest BCUT2D eigenvalue weighted by Crippen LogP contribution is -2.54. The number of halogens is 1. The van der Waals surface area contributed by atoms with E-state index in [1.54, 1.807) is 4.90 Å². The molecule has 3 aromatic carbocycles. The Labute approximate surface area is 187 Å². The van der Waals surface area contributed by atoms with Crippen molar-refractivity contribution >= 4 is 15.9 Å². The molecule has 0 aromatic heterocycles. The second kappa shape index (κ2) is 8.15. The Morgan fingerprint density at radius 3 is 2.12 bits per heavy atom. The van der Waals surface area contributed by atoms with Crippen LogP contribution in [-0.2, 0) is 40.7 Å². The molecule has 32 heavy (non-hydrogen) atoms. The first-order valence-corrected chi connectivity index (χ1v) is 12.1. The zero-order valence-electron chi connectivity index (χ0n) is 17.4. The molecule has 0 fully saturated rings. The van der Waals surface area contributed by atoms with E-state index in [1.165, 1.54) is 28.1 Å². The van der Waals surface area contributed by atoms with Crippen molar-refractivity contribution in [2.75, 3.05) is 6.54 Å². The highest BCUT2D eigenvalue weighted by Crippen LogP contribution is 2.32. The lowest BCUT2D eigenvalue weighted by molar-refractivity contribution is -0.136. The molecule has 0 radical (unpaired) electrons. The summed E-state index contributed by atoms with van der Waals surface area (Å²) in [5.74, 6) is -1.06. The van der Waals surface area contributed by atoms with Crippen molar-refractivity contribution in [3.05, 3.63) is 101 Å². The molecule has 5 nitrogen and oxygen atoms in total. The van der Waals surface area contributed by atoms with Gasteiger partial charge in [-0.25, -0.2) is 12.8 Å². The minimum absolute atomic E-state index is 0.0354. The number of hydrogen-bond acceptors (Lipinski definition) is 3. The lowest BCUT2D eigenvalue weighted by atomic mass is 9.94. The quantitative estimate of drug-likeness (QED) is 0.614. The third-order valence-electron chi connectivity index (χ3n) is 6.36. The van der Waals surface area contributed by atoms with Crippen molar-refractivity contribution in [1.29, 1.82) is 0 Å². The molecule has 1 amide bonds. The van der Waals surface area contributed by atoms with Gasteiger partial charge in [-0.05, 0) is 47.2 Å². The van der Waals surface area contributed by atoms with Crippen molar-refractivity contribution in [3.63, 3.8) is 0 Å². The van der Waals surface area contributed by atoms with Gasteiger partial charge in [0.1, 0.15) is 16.8 Å². The molecule has 2 heterocycles. The number of benzene rings is 3. The molecule has 0 N–H and O–H groups in total.